The van der Waals surface area contributed by atoms with Gasteiger partial charge in [-0.2, -0.15) is 0 Å². The SMILES string of the molecule is COc1cc(C2(C(=O)O)CC2)c(OC)c2c1CCC2. The molecule has 3 rings (SSSR count). The van der Waals surface area contributed by atoms with Gasteiger partial charge in [0.15, 0.2) is 0 Å². The monoisotopic (exact) mass is 262 g/mol. The Balaban J connectivity index is 2.22. The van der Waals surface area contributed by atoms with Gasteiger partial charge in [-0.1, -0.05) is 0 Å². The van der Waals surface area contributed by atoms with Crippen LogP contribution in [0.2, 0.25) is 0 Å². The summed E-state index contributed by atoms with van der Waals surface area (Å²) < 4.78 is 11.0. The molecule has 0 atom stereocenters. The van der Waals surface area contributed by atoms with Crippen molar-refractivity contribution in [2.24, 2.45) is 0 Å². The number of hydrogen-bond donors (Lipinski definition) is 1. The molecular weight excluding hydrogens is 244 g/mol. The number of carboxylic acid groups (broad SMARTS) is 1. The van der Waals surface area contributed by atoms with E-state index in [1.54, 1.807) is 14.2 Å². The van der Waals surface area contributed by atoms with Crippen LogP contribution in [0.3, 0.4) is 0 Å². The van der Waals surface area contributed by atoms with Crippen molar-refractivity contribution >= 4 is 5.97 Å². The standard InChI is InChI=1S/C15H18O4/c1-18-12-8-11(15(6-7-15)14(16)17)13(19-2)10-5-3-4-9(10)12/h8H,3-7H2,1-2H3,(H,16,17). The van der Waals surface area contributed by atoms with Crippen molar-refractivity contribution in [2.75, 3.05) is 14.2 Å². The van der Waals surface area contributed by atoms with E-state index in [4.69, 9.17) is 9.47 Å². The second-order valence-electron chi connectivity index (χ2n) is 5.36. The molecule has 0 bridgehead atoms. The summed E-state index contributed by atoms with van der Waals surface area (Å²) in [7, 11) is 3.27. The molecule has 0 radical (unpaired) electrons. The van der Waals surface area contributed by atoms with E-state index in [9.17, 15) is 9.90 Å². The van der Waals surface area contributed by atoms with E-state index in [-0.39, 0.29) is 0 Å². The molecule has 0 aliphatic heterocycles. The fourth-order valence-electron chi connectivity index (χ4n) is 3.21. The Morgan fingerprint density at radius 3 is 2.42 bits per heavy atom. The maximum atomic E-state index is 11.6. The highest BCUT2D eigenvalue weighted by Gasteiger charge is 2.54. The average Bonchev–Trinajstić information content (AvgIpc) is 3.08. The zero-order valence-corrected chi connectivity index (χ0v) is 11.3. The van der Waals surface area contributed by atoms with E-state index in [1.807, 2.05) is 6.07 Å². The Kier molecular flexibility index (Phi) is 2.69. The molecular formula is C15H18O4. The molecule has 0 heterocycles. The Morgan fingerprint density at radius 2 is 1.89 bits per heavy atom. The Hall–Kier alpha value is -1.71. The van der Waals surface area contributed by atoms with Crippen molar-refractivity contribution < 1.29 is 19.4 Å². The number of carbonyl (C=O) groups is 1. The van der Waals surface area contributed by atoms with Gasteiger partial charge in [0.05, 0.1) is 19.6 Å². The normalized spacial score (nSPS) is 18.8. The largest absolute Gasteiger partial charge is 0.496 e. The number of ether oxygens (including phenoxy) is 2. The number of carboxylic acids is 1. The zero-order chi connectivity index (χ0) is 13.6. The number of benzene rings is 1. The molecule has 0 saturated heterocycles. The summed E-state index contributed by atoms with van der Waals surface area (Å²) in [5, 5.41) is 9.49. The van der Waals surface area contributed by atoms with Gasteiger partial charge < -0.3 is 14.6 Å². The highest BCUT2D eigenvalue weighted by molar-refractivity contribution is 5.86. The number of hydrogen-bond acceptors (Lipinski definition) is 3. The van der Waals surface area contributed by atoms with Crippen LogP contribution in [0.1, 0.15) is 36.0 Å². The molecule has 0 amide bonds. The minimum absolute atomic E-state index is 0.681. The molecule has 1 aromatic rings. The van der Waals surface area contributed by atoms with Crippen LogP contribution in [0.4, 0.5) is 0 Å². The minimum atomic E-state index is -0.759. The van der Waals surface area contributed by atoms with Crippen molar-refractivity contribution in [3.05, 3.63) is 22.8 Å². The third kappa shape index (κ3) is 1.62. The van der Waals surface area contributed by atoms with Crippen molar-refractivity contribution in [2.45, 2.75) is 37.5 Å². The van der Waals surface area contributed by atoms with Crippen LogP contribution in [0.5, 0.6) is 11.5 Å². The first-order valence-corrected chi connectivity index (χ1v) is 6.64. The van der Waals surface area contributed by atoms with E-state index in [1.165, 1.54) is 5.56 Å². The van der Waals surface area contributed by atoms with E-state index in [2.05, 4.69) is 0 Å². The van der Waals surface area contributed by atoms with Crippen LogP contribution in [-0.2, 0) is 23.1 Å². The summed E-state index contributed by atoms with van der Waals surface area (Å²) in [6, 6.07) is 1.88. The van der Waals surface area contributed by atoms with E-state index < -0.39 is 11.4 Å². The Bertz CT molecular complexity index is 544. The highest BCUT2D eigenvalue weighted by Crippen LogP contribution is 2.55. The molecule has 1 N–H and O–H groups in total. The van der Waals surface area contributed by atoms with Gasteiger partial charge in [-0.15, -0.1) is 0 Å². The van der Waals surface area contributed by atoms with Crippen LogP contribution >= 0.6 is 0 Å². The lowest BCUT2D eigenvalue weighted by molar-refractivity contribution is -0.140. The van der Waals surface area contributed by atoms with Crippen LogP contribution in [-0.4, -0.2) is 25.3 Å². The van der Waals surface area contributed by atoms with Crippen molar-refractivity contribution in [1.29, 1.82) is 0 Å². The van der Waals surface area contributed by atoms with Gasteiger partial charge in [0.2, 0.25) is 0 Å². The first kappa shape index (κ1) is 12.3. The third-order valence-electron chi connectivity index (χ3n) is 4.41. The van der Waals surface area contributed by atoms with Gasteiger partial charge in [0.1, 0.15) is 11.5 Å². The summed E-state index contributed by atoms with van der Waals surface area (Å²) in [4.78, 5) is 11.6. The lowest BCUT2D eigenvalue weighted by Gasteiger charge is -2.20. The number of rotatable bonds is 4. The second-order valence-corrected chi connectivity index (χ2v) is 5.36. The van der Waals surface area contributed by atoms with Crippen LogP contribution in [0.15, 0.2) is 6.07 Å². The van der Waals surface area contributed by atoms with Crippen molar-refractivity contribution in [3.8, 4) is 11.5 Å². The summed E-state index contributed by atoms with van der Waals surface area (Å²) in [6.45, 7) is 0. The summed E-state index contributed by atoms with van der Waals surface area (Å²) in [5.41, 5.74) is 2.37. The molecule has 1 aromatic carbocycles. The summed E-state index contributed by atoms with van der Waals surface area (Å²) in [6.07, 6.45) is 4.36. The fraction of sp³-hybridized carbons (Fsp3) is 0.533. The van der Waals surface area contributed by atoms with Gasteiger partial charge >= 0.3 is 5.97 Å². The smallest absolute Gasteiger partial charge is 0.314 e. The topological polar surface area (TPSA) is 55.8 Å². The lowest BCUT2D eigenvalue weighted by Crippen LogP contribution is -2.21. The first-order chi connectivity index (χ1) is 9.14. The van der Waals surface area contributed by atoms with E-state index in [0.29, 0.717) is 12.8 Å². The molecule has 2 aliphatic rings. The van der Waals surface area contributed by atoms with Crippen molar-refractivity contribution in [3.63, 3.8) is 0 Å². The van der Waals surface area contributed by atoms with Gasteiger partial charge in [-0.25, -0.2) is 0 Å². The van der Waals surface area contributed by atoms with Gasteiger partial charge in [-0.05, 0) is 38.2 Å². The molecule has 1 fully saturated rings. The quantitative estimate of drug-likeness (QED) is 0.904. The maximum absolute atomic E-state index is 11.6. The highest BCUT2D eigenvalue weighted by atomic mass is 16.5. The van der Waals surface area contributed by atoms with Crippen LogP contribution < -0.4 is 9.47 Å². The molecule has 2 aliphatic carbocycles. The van der Waals surface area contributed by atoms with Crippen LogP contribution in [0, 0.1) is 0 Å². The fourth-order valence-corrected chi connectivity index (χ4v) is 3.21. The number of aliphatic carboxylic acids is 1. The molecule has 0 aromatic heterocycles. The molecule has 0 unspecified atom stereocenters. The van der Waals surface area contributed by atoms with Gasteiger partial charge in [0.25, 0.3) is 0 Å². The van der Waals surface area contributed by atoms with E-state index >= 15 is 0 Å². The van der Waals surface area contributed by atoms with Crippen molar-refractivity contribution in [1.82, 2.24) is 0 Å². The maximum Gasteiger partial charge on any atom is 0.314 e. The van der Waals surface area contributed by atoms with E-state index in [0.717, 1.165) is 41.9 Å². The summed E-state index contributed by atoms with van der Waals surface area (Å²) in [5.74, 6) is 0.829. The average molecular weight is 262 g/mol. The summed E-state index contributed by atoms with van der Waals surface area (Å²) >= 11 is 0. The molecule has 19 heavy (non-hydrogen) atoms. The predicted molar refractivity (Wildman–Crippen MR) is 70.1 cm³/mol. The molecule has 0 spiro atoms. The zero-order valence-electron chi connectivity index (χ0n) is 11.3. The number of fused-ring (bicyclic) bond motifs is 1. The lowest BCUT2D eigenvalue weighted by atomic mass is 9.91. The Labute approximate surface area is 112 Å². The molecule has 4 nitrogen and oxygen atoms in total. The second kappa shape index (κ2) is 4.15. The first-order valence-electron chi connectivity index (χ1n) is 6.64. The number of methoxy groups -OCH3 is 2. The molecule has 4 heteroatoms. The van der Waals surface area contributed by atoms with Gasteiger partial charge in [-0.3, -0.25) is 4.79 Å². The molecule has 102 valence electrons. The predicted octanol–water partition coefficient (Wildman–Crippen LogP) is 2.31. The van der Waals surface area contributed by atoms with Gasteiger partial charge in [0, 0.05) is 16.7 Å². The van der Waals surface area contributed by atoms with Crippen LogP contribution in [0.25, 0.3) is 0 Å². The molecule has 1 saturated carbocycles. The Morgan fingerprint density at radius 1 is 1.21 bits per heavy atom. The minimum Gasteiger partial charge on any atom is -0.496 e. The third-order valence-corrected chi connectivity index (χ3v) is 4.41.